The van der Waals surface area contributed by atoms with Gasteiger partial charge in [-0.3, -0.25) is 9.48 Å². The molecule has 2 aromatic carbocycles. The van der Waals surface area contributed by atoms with Crippen LogP contribution in [-0.4, -0.2) is 27.0 Å². The molecule has 2 heterocycles. The number of piperidine rings is 1. The number of aliphatic hydroxyl groups is 1. The van der Waals surface area contributed by atoms with E-state index in [0.29, 0.717) is 17.9 Å². The Morgan fingerprint density at radius 2 is 1.93 bits per heavy atom. The number of hydrogen-bond donors (Lipinski definition) is 2. The molecule has 3 aromatic rings. The summed E-state index contributed by atoms with van der Waals surface area (Å²) >= 11 is 6.71. The van der Waals surface area contributed by atoms with Crippen LogP contribution < -0.4 is 5.32 Å². The smallest absolute Gasteiger partial charge is 0.229 e. The molecular weight excluding hydrogens is 386 g/mol. The van der Waals surface area contributed by atoms with Gasteiger partial charge in [-0.25, -0.2) is 0 Å². The van der Waals surface area contributed by atoms with Gasteiger partial charge >= 0.3 is 0 Å². The minimum absolute atomic E-state index is 0.173. The van der Waals surface area contributed by atoms with E-state index in [9.17, 15) is 9.90 Å². The number of benzene rings is 2. The molecule has 4 rings (SSSR count). The first-order valence-electron chi connectivity index (χ1n) is 9.86. The fourth-order valence-corrected chi connectivity index (χ4v) is 4.22. The Hall–Kier alpha value is -2.63. The molecule has 1 saturated heterocycles. The summed E-state index contributed by atoms with van der Waals surface area (Å²) in [5, 5.41) is 17.2. The van der Waals surface area contributed by atoms with Gasteiger partial charge in [0.25, 0.3) is 0 Å². The molecule has 1 aromatic heterocycles. The third-order valence-corrected chi connectivity index (χ3v) is 5.88. The first kappa shape index (κ1) is 19.7. The van der Waals surface area contributed by atoms with E-state index >= 15 is 0 Å². The molecule has 5 nitrogen and oxygen atoms in total. The van der Waals surface area contributed by atoms with E-state index in [1.165, 1.54) is 5.56 Å². The fraction of sp³-hybridized carbons (Fsp3) is 0.304. The molecule has 6 heteroatoms. The van der Waals surface area contributed by atoms with Gasteiger partial charge in [-0.1, -0.05) is 54.1 Å². The average Bonchev–Trinajstić information content (AvgIpc) is 3.13. The number of carbonyl (C=O) groups excluding carboxylic acids is 1. The Morgan fingerprint density at radius 3 is 2.62 bits per heavy atom. The summed E-state index contributed by atoms with van der Waals surface area (Å²) in [4.78, 5) is 12.3. The predicted octanol–water partition coefficient (Wildman–Crippen LogP) is 3.84. The van der Waals surface area contributed by atoms with Crippen LogP contribution in [0.1, 0.15) is 35.6 Å². The zero-order valence-electron chi connectivity index (χ0n) is 16.3. The maximum atomic E-state index is 12.3. The van der Waals surface area contributed by atoms with Crippen molar-refractivity contribution in [3.8, 4) is 11.1 Å². The van der Waals surface area contributed by atoms with Crippen molar-refractivity contribution in [2.45, 2.75) is 37.8 Å². The molecule has 150 valence electrons. The van der Waals surface area contributed by atoms with Crippen LogP contribution in [0.2, 0.25) is 5.02 Å². The van der Waals surface area contributed by atoms with Crippen molar-refractivity contribution in [2.24, 2.45) is 7.05 Å². The Balaban J connectivity index is 1.51. The highest BCUT2D eigenvalue weighted by Crippen LogP contribution is 2.37. The second-order valence-corrected chi connectivity index (χ2v) is 7.92. The SMILES string of the molecule is Cn1ccc(CCc2ccc(-c3cccc(C4CCC(O)NC4=O)c3Cl)cc2)n1. The molecule has 0 saturated carbocycles. The summed E-state index contributed by atoms with van der Waals surface area (Å²) in [6.45, 7) is 0. The van der Waals surface area contributed by atoms with E-state index in [1.807, 2.05) is 42.2 Å². The Morgan fingerprint density at radius 1 is 1.14 bits per heavy atom. The van der Waals surface area contributed by atoms with E-state index in [1.54, 1.807) is 0 Å². The van der Waals surface area contributed by atoms with Crippen molar-refractivity contribution in [1.82, 2.24) is 15.1 Å². The second-order valence-electron chi connectivity index (χ2n) is 7.54. The summed E-state index contributed by atoms with van der Waals surface area (Å²) in [7, 11) is 1.93. The van der Waals surface area contributed by atoms with Gasteiger partial charge in [0.15, 0.2) is 0 Å². The maximum absolute atomic E-state index is 12.3. The highest BCUT2D eigenvalue weighted by Gasteiger charge is 2.30. The van der Waals surface area contributed by atoms with Crippen LogP contribution in [0.15, 0.2) is 54.7 Å². The molecule has 0 aliphatic carbocycles. The van der Waals surface area contributed by atoms with Gasteiger partial charge in [0.05, 0.1) is 16.6 Å². The van der Waals surface area contributed by atoms with E-state index in [0.717, 1.165) is 35.2 Å². The predicted molar refractivity (Wildman–Crippen MR) is 114 cm³/mol. The van der Waals surface area contributed by atoms with E-state index in [4.69, 9.17) is 11.6 Å². The lowest BCUT2D eigenvalue weighted by Gasteiger charge is -2.27. The Kier molecular flexibility index (Phi) is 5.69. The molecule has 2 N–H and O–H groups in total. The van der Waals surface area contributed by atoms with Gasteiger partial charge < -0.3 is 10.4 Å². The standard InChI is InChI=1S/C23H24ClN3O2/c1-27-14-13-17(26-27)10-7-15-5-8-16(9-6-15)18-3-2-4-19(22(18)24)20-11-12-21(28)25-23(20)29/h2-6,8-9,13-14,20-21,28H,7,10-12H2,1H3,(H,25,29). The lowest BCUT2D eigenvalue weighted by molar-refractivity contribution is -0.128. The van der Waals surface area contributed by atoms with Crippen molar-refractivity contribution in [2.75, 3.05) is 0 Å². The largest absolute Gasteiger partial charge is 0.374 e. The van der Waals surface area contributed by atoms with Crippen LogP contribution >= 0.6 is 11.6 Å². The molecule has 1 amide bonds. The summed E-state index contributed by atoms with van der Waals surface area (Å²) in [6, 6.07) is 16.2. The molecule has 1 fully saturated rings. The lowest BCUT2D eigenvalue weighted by atomic mass is 9.88. The zero-order chi connectivity index (χ0) is 20.4. The van der Waals surface area contributed by atoms with E-state index in [-0.39, 0.29) is 11.8 Å². The molecule has 29 heavy (non-hydrogen) atoms. The summed E-state index contributed by atoms with van der Waals surface area (Å²) in [6.07, 6.45) is 4.14. The van der Waals surface area contributed by atoms with Crippen LogP contribution in [0.3, 0.4) is 0 Å². The van der Waals surface area contributed by atoms with Gasteiger partial charge in [0.2, 0.25) is 5.91 Å². The molecule has 2 atom stereocenters. The third-order valence-electron chi connectivity index (χ3n) is 5.46. The van der Waals surface area contributed by atoms with Gasteiger partial charge in [0, 0.05) is 18.8 Å². The minimum atomic E-state index is -0.765. The zero-order valence-corrected chi connectivity index (χ0v) is 17.1. The molecule has 0 radical (unpaired) electrons. The van der Waals surface area contributed by atoms with Gasteiger partial charge in [-0.15, -0.1) is 0 Å². The van der Waals surface area contributed by atoms with Gasteiger partial charge in [-0.2, -0.15) is 5.10 Å². The average molecular weight is 410 g/mol. The number of aryl methyl sites for hydroxylation is 3. The molecule has 0 spiro atoms. The highest BCUT2D eigenvalue weighted by atomic mass is 35.5. The first-order valence-corrected chi connectivity index (χ1v) is 10.2. The topological polar surface area (TPSA) is 67.2 Å². The first-order chi connectivity index (χ1) is 14.0. The molecular formula is C23H24ClN3O2. The van der Waals surface area contributed by atoms with Crippen molar-refractivity contribution < 1.29 is 9.90 Å². The number of aliphatic hydroxyl groups excluding tert-OH is 1. The van der Waals surface area contributed by atoms with Crippen LogP contribution in [-0.2, 0) is 24.7 Å². The normalized spacial score (nSPS) is 19.2. The number of amides is 1. The summed E-state index contributed by atoms with van der Waals surface area (Å²) < 4.78 is 1.82. The molecule has 0 bridgehead atoms. The second kappa shape index (κ2) is 8.39. The number of nitrogens with zero attached hydrogens (tertiary/aromatic N) is 2. The fourth-order valence-electron chi connectivity index (χ4n) is 3.85. The van der Waals surface area contributed by atoms with Crippen molar-refractivity contribution in [3.63, 3.8) is 0 Å². The lowest BCUT2D eigenvalue weighted by Crippen LogP contribution is -2.42. The maximum Gasteiger partial charge on any atom is 0.229 e. The molecule has 1 aliphatic heterocycles. The monoisotopic (exact) mass is 409 g/mol. The van der Waals surface area contributed by atoms with Crippen LogP contribution in [0.5, 0.6) is 0 Å². The van der Waals surface area contributed by atoms with E-state index in [2.05, 4.69) is 34.7 Å². The van der Waals surface area contributed by atoms with Crippen LogP contribution in [0, 0.1) is 0 Å². The van der Waals surface area contributed by atoms with Gasteiger partial charge in [0.1, 0.15) is 6.23 Å². The highest BCUT2D eigenvalue weighted by molar-refractivity contribution is 6.34. The Labute approximate surface area is 175 Å². The van der Waals surface area contributed by atoms with Crippen molar-refractivity contribution in [3.05, 3.63) is 76.6 Å². The number of nitrogens with one attached hydrogen (secondary N) is 1. The number of halogens is 1. The summed E-state index contributed by atoms with van der Waals surface area (Å²) in [5.41, 5.74) is 5.08. The molecule has 1 aliphatic rings. The number of aromatic nitrogens is 2. The number of rotatable bonds is 5. The number of carbonyl (C=O) groups is 1. The third kappa shape index (κ3) is 4.36. The van der Waals surface area contributed by atoms with Crippen LogP contribution in [0.25, 0.3) is 11.1 Å². The van der Waals surface area contributed by atoms with Gasteiger partial charge in [-0.05, 0) is 48.4 Å². The van der Waals surface area contributed by atoms with Crippen LogP contribution in [0.4, 0.5) is 0 Å². The quantitative estimate of drug-likeness (QED) is 0.672. The molecule has 2 unspecified atom stereocenters. The van der Waals surface area contributed by atoms with E-state index < -0.39 is 6.23 Å². The summed E-state index contributed by atoms with van der Waals surface area (Å²) in [5.74, 6) is -0.504. The minimum Gasteiger partial charge on any atom is -0.374 e. The Bertz CT molecular complexity index is 1010. The van der Waals surface area contributed by atoms with Crippen molar-refractivity contribution in [1.29, 1.82) is 0 Å². The van der Waals surface area contributed by atoms with Crippen molar-refractivity contribution >= 4 is 17.5 Å². The number of hydrogen-bond acceptors (Lipinski definition) is 3.